The van der Waals surface area contributed by atoms with Gasteiger partial charge in [0.05, 0.1) is 6.61 Å². The number of rotatable bonds is 5. The van der Waals surface area contributed by atoms with E-state index in [1.807, 2.05) is 19.1 Å². The summed E-state index contributed by atoms with van der Waals surface area (Å²) in [5, 5.41) is 2.67. The van der Waals surface area contributed by atoms with Crippen LogP contribution in [0.1, 0.15) is 26.2 Å². The number of hydrogen-bond donors (Lipinski definition) is 2. The predicted molar refractivity (Wildman–Crippen MR) is 74.4 cm³/mol. The van der Waals surface area contributed by atoms with Crippen LogP contribution in [-0.4, -0.2) is 25.5 Å². The van der Waals surface area contributed by atoms with Gasteiger partial charge in [-0.05, 0) is 31.9 Å². The van der Waals surface area contributed by atoms with E-state index in [0.29, 0.717) is 24.7 Å². The zero-order valence-corrected chi connectivity index (χ0v) is 11.6. The number of hydrogen-bond acceptors (Lipinski definition) is 4. The minimum atomic E-state index is -0.437. The second-order valence-corrected chi connectivity index (χ2v) is 4.43. The Morgan fingerprint density at radius 2 is 2.35 bits per heavy atom. The monoisotopic (exact) mass is 280 g/mol. The van der Waals surface area contributed by atoms with E-state index in [1.165, 1.54) is 0 Å². The number of urea groups is 1. The molecule has 0 spiro atoms. The van der Waals surface area contributed by atoms with Crippen LogP contribution in [0.2, 0.25) is 0 Å². The molecule has 0 unspecified atom stereocenters. The van der Waals surface area contributed by atoms with E-state index < -0.39 is 6.03 Å². The molecule has 1 saturated heterocycles. The van der Waals surface area contributed by atoms with Crippen LogP contribution < -0.4 is 15.5 Å². The minimum absolute atomic E-state index is 0.357. The summed E-state index contributed by atoms with van der Waals surface area (Å²) >= 11 is 0. The van der Waals surface area contributed by atoms with Gasteiger partial charge in [-0.2, -0.15) is 0 Å². The van der Waals surface area contributed by atoms with Crippen molar-refractivity contribution < 1.29 is 19.1 Å². The lowest BCUT2D eigenvalue weighted by Gasteiger charge is -2.22. The highest BCUT2D eigenvalue weighted by atomic mass is 16.8. The number of carbonyl (C=O) groups is 1. The molecule has 1 aliphatic heterocycles. The van der Waals surface area contributed by atoms with Crippen LogP contribution in [0.3, 0.4) is 0 Å². The molecule has 6 nitrogen and oxygen atoms in total. The van der Waals surface area contributed by atoms with Gasteiger partial charge < -0.3 is 14.8 Å². The molecule has 6 heteroatoms. The van der Waals surface area contributed by atoms with E-state index in [-0.39, 0.29) is 6.29 Å². The molecule has 2 rings (SSSR count). The molecule has 0 aromatic heterocycles. The topological polar surface area (TPSA) is 68.8 Å². The third-order valence-corrected chi connectivity index (χ3v) is 2.82. The zero-order chi connectivity index (χ0) is 14.2. The molecule has 0 bridgehead atoms. The molecule has 0 radical (unpaired) electrons. The summed E-state index contributed by atoms with van der Waals surface area (Å²) in [6.07, 6.45) is 2.52. The predicted octanol–water partition coefficient (Wildman–Crippen LogP) is 2.67. The summed E-state index contributed by atoms with van der Waals surface area (Å²) in [6, 6.07) is 6.73. The van der Waals surface area contributed by atoms with Crippen molar-refractivity contribution in [3.05, 3.63) is 24.3 Å². The molecule has 1 aromatic carbocycles. The van der Waals surface area contributed by atoms with Crippen LogP contribution in [0.5, 0.6) is 5.75 Å². The van der Waals surface area contributed by atoms with Crippen LogP contribution >= 0.6 is 0 Å². The molecule has 20 heavy (non-hydrogen) atoms. The normalized spacial score (nSPS) is 18.4. The largest absolute Gasteiger partial charge is 0.494 e. The Bertz CT molecular complexity index is 433. The summed E-state index contributed by atoms with van der Waals surface area (Å²) < 4.78 is 10.7. The molecule has 1 fully saturated rings. The molecule has 2 N–H and O–H groups in total. The first-order chi connectivity index (χ1) is 9.78. The van der Waals surface area contributed by atoms with E-state index >= 15 is 0 Å². The maximum atomic E-state index is 11.7. The van der Waals surface area contributed by atoms with E-state index in [9.17, 15) is 4.79 Å². The van der Waals surface area contributed by atoms with Gasteiger partial charge in [0.15, 0.2) is 6.29 Å². The van der Waals surface area contributed by atoms with Crippen LogP contribution in [-0.2, 0) is 9.57 Å². The quantitative estimate of drug-likeness (QED) is 0.814. The van der Waals surface area contributed by atoms with Crippen molar-refractivity contribution >= 4 is 11.7 Å². The van der Waals surface area contributed by atoms with Gasteiger partial charge in [0.25, 0.3) is 0 Å². The number of ether oxygens (including phenoxy) is 2. The van der Waals surface area contributed by atoms with E-state index in [1.54, 1.807) is 12.1 Å². The Kier molecular flexibility index (Phi) is 5.64. The van der Waals surface area contributed by atoms with Gasteiger partial charge in [-0.25, -0.2) is 15.1 Å². The van der Waals surface area contributed by atoms with Crippen LogP contribution in [0.4, 0.5) is 10.5 Å². The van der Waals surface area contributed by atoms with Crippen LogP contribution in [0, 0.1) is 0 Å². The Morgan fingerprint density at radius 3 is 3.10 bits per heavy atom. The highest BCUT2D eigenvalue weighted by molar-refractivity contribution is 5.88. The van der Waals surface area contributed by atoms with Gasteiger partial charge in [0, 0.05) is 24.8 Å². The fourth-order valence-corrected chi connectivity index (χ4v) is 1.91. The lowest BCUT2D eigenvalue weighted by atomic mass is 10.2. The Balaban J connectivity index is 1.77. The van der Waals surface area contributed by atoms with Crippen molar-refractivity contribution in [2.75, 3.05) is 18.5 Å². The molecule has 1 atom stereocenters. The van der Waals surface area contributed by atoms with E-state index in [0.717, 1.165) is 19.3 Å². The molecule has 2 amide bonds. The highest BCUT2D eigenvalue weighted by Crippen LogP contribution is 2.17. The number of amides is 2. The number of carbonyl (C=O) groups excluding carboxylic acids is 1. The molecule has 1 heterocycles. The van der Waals surface area contributed by atoms with Gasteiger partial charge >= 0.3 is 6.03 Å². The molecular formula is C14H20N2O4. The van der Waals surface area contributed by atoms with Crippen molar-refractivity contribution in [3.63, 3.8) is 0 Å². The zero-order valence-electron chi connectivity index (χ0n) is 11.6. The molecular weight excluding hydrogens is 260 g/mol. The second kappa shape index (κ2) is 7.72. The molecule has 0 saturated carbocycles. The van der Waals surface area contributed by atoms with Crippen molar-refractivity contribution in [2.45, 2.75) is 32.5 Å². The maximum absolute atomic E-state index is 11.7. The third-order valence-electron chi connectivity index (χ3n) is 2.82. The SMILES string of the molecule is CCOc1cccc(NC(=O)NO[C@H]2CCCCO2)c1. The summed E-state index contributed by atoms with van der Waals surface area (Å²) in [5.41, 5.74) is 2.98. The number of nitrogens with one attached hydrogen (secondary N) is 2. The molecule has 1 aromatic rings. The molecule has 1 aliphatic rings. The fraction of sp³-hybridized carbons (Fsp3) is 0.500. The first-order valence-electron chi connectivity index (χ1n) is 6.85. The minimum Gasteiger partial charge on any atom is -0.494 e. The van der Waals surface area contributed by atoms with Crippen molar-refractivity contribution in [2.24, 2.45) is 0 Å². The van der Waals surface area contributed by atoms with Gasteiger partial charge in [-0.3, -0.25) is 0 Å². The summed E-state index contributed by atoms with van der Waals surface area (Å²) in [6.45, 7) is 3.16. The summed E-state index contributed by atoms with van der Waals surface area (Å²) in [4.78, 5) is 16.9. The van der Waals surface area contributed by atoms with Crippen molar-refractivity contribution in [3.8, 4) is 5.75 Å². The van der Waals surface area contributed by atoms with E-state index in [2.05, 4.69) is 10.8 Å². The Hall–Kier alpha value is -1.79. The fourth-order valence-electron chi connectivity index (χ4n) is 1.91. The summed E-state index contributed by atoms with van der Waals surface area (Å²) in [5.74, 6) is 0.710. The third kappa shape index (κ3) is 4.71. The number of hydroxylamine groups is 1. The van der Waals surface area contributed by atoms with Gasteiger partial charge in [-0.15, -0.1) is 0 Å². The van der Waals surface area contributed by atoms with Crippen LogP contribution in [0.15, 0.2) is 24.3 Å². The standard InChI is InChI=1S/C14H20N2O4/c1-2-18-12-7-5-6-11(10-12)15-14(17)16-20-13-8-3-4-9-19-13/h5-7,10,13H,2-4,8-9H2,1H3,(H2,15,16,17)/t13-/m0/s1. The number of anilines is 1. The first-order valence-corrected chi connectivity index (χ1v) is 6.85. The van der Waals surface area contributed by atoms with Crippen molar-refractivity contribution in [1.82, 2.24) is 5.48 Å². The molecule has 0 aliphatic carbocycles. The summed E-state index contributed by atoms with van der Waals surface area (Å²) in [7, 11) is 0. The van der Waals surface area contributed by atoms with Gasteiger partial charge in [-0.1, -0.05) is 6.07 Å². The van der Waals surface area contributed by atoms with E-state index in [4.69, 9.17) is 14.3 Å². The number of benzene rings is 1. The molecule has 110 valence electrons. The second-order valence-electron chi connectivity index (χ2n) is 4.43. The van der Waals surface area contributed by atoms with Gasteiger partial charge in [0.1, 0.15) is 5.75 Å². The van der Waals surface area contributed by atoms with Crippen LogP contribution in [0.25, 0.3) is 0 Å². The average molecular weight is 280 g/mol. The van der Waals surface area contributed by atoms with Gasteiger partial charge in [0.2, 0.25) is 0 Å². The maximum Gasteiger partial charge on any atom is 0.343 e. The Labute approximate surface area is 118 Å². The smallest absolute Gasteiger partial charge is 0.343 e. The highest BCUT2D eigenvalue weighted by Gasteiger charge is 2.15. The lowest BCUT2D eigenvalue weighted by Crippen LogP contribution is -2.35. The average Bonchev–Trinajstić information content (AvgIpc) is 2.47. The Morgan fingerprint density at radius 1 is 1.45 bits per heavy atom. The lowest BCUT2D eigenvalue weighted by molar-refractivity contribution is -0.185. The first kappa shape index (κ1) is 14.6. The van der Waals surface area contributed by atoms with Crippen molar-refractivity contribution in [1.29, 1.82) is 0 Å².